The monoisotopic (exact) mass is 262 g/mol. The van der Waals surface area contributed by atoms with E-state index in [-0.39, 0.29) is 11.8 Å². The fourth-order valence-electron chi connectivity index (χ4n) is 2.54. The number of rotatable bonds is 6. The molecule has 1 atom stereocenters. The van der Waals surface area contributed by atoms with Gasteiger partial charge in [-0.25, -0.2) is 0 Å². The molecule has 106 valence electrons. The van der Waals surface area contributed by atoms with Crippen LogP contribution in [0.5, 0.6) is 0 Å². The Kier molecular flexibility index (Phi) is 6.03. The van der Waals surface area contributed by atoms with E-state index in [0.717, 1.165) is 19.5 Å². The number of hydrogen-bond acceptors (Lipinski definition) is 2. The molecule has 1 aromatic rings. The molecule has 0 aliphatic carbocycles. The van der Waals surface area contributed by atoms with E-state index in [1.54, 1.807) is 0 Å². The second-order valence-electron chi connectivity index (χ2n) is 5.14. The summed E-state index contributed by atoms with van der Waals surface area (Å²) in [5, 5.41) is 0. The molecule has 0 saturated carbocycles. The van der Waals surface area contributed by atoms with Crippen LogP contribution in [0.15, 0.2) is 18.2 Å². The molecule has 1 rings (SSSR count). The fraction of sp³-hybridized carbons (Fsp3) is 0.562. The molecular formula is C16H26N2O. The molecule has 1 unspecified atom stereocenters. The molecule has 0 heterocycles. The van der Waals surface area contributed by atoms with E-state index < -0.39 is 0 Å². The number of aryl methyl sites for hydroxylation is 2. The van der Waals surface area contributed by atoms with Crippen molar-refractivity contribution < 1.29 is 4.79 Å². The summed E-state index contributed by atoms with van der Waals surface area (Å²) in [6.45, 7) is 10.1. The summed E-state index contributed by atoms with van der Waals surface area (Å²) in [4.78, 5) is 14.2. The van der Waals surface area contributed by atoms with Crippen molar-refractivity contribution in [2.75, 3.05) is 19.6 Å². The van der Waals surface area contributed by atoms with Crippen molar-refractivity contribution in [3.05, 3.63) is 34.9 Å². The van der Waals surface area contributed by atoms with Gasteiger partial charge in [0.25, 0.3) is 0 Å². The molecule has 1 aromatic carbocycles. The molecule has 2 N–H and O–H groups in total. The minimum absolute atomic E-state index is 0.110. The average Bonchev–Trinajstić information content (AvgIpc) is 2.36. The molecule has 19 heavy (non-hydrogen) atoms. The van der Waals surface area contributed by atoms with Crippen LogP contribution in [0.1, 0.15) is 30.5 Å². The highest BCUT2D eigenvalue weighted by atomic mass is 16.2. The Morgan fingerprint density at radius 3 is 2.11 bits per heavy atom. The molecule has 3 heteroatoms. The summed E-state index contributed by atoms with van der Waals surface area (Å²) in [5.74, 6) is 0.0627. The smallest absolute Gasteiger partial charge is 0.227 e. The van der Waals surface area contributed by atoms with Crippen molar-refractivity contribution in [1.29, 1.82) is 0 Å². The van der Waals surface area contributed by atoms with E-state index in [2.05, 4.69) is 32.0 Å². The zero-order valence-electron chi connectivity index (χ0n) is 12.6. The summed E-state index contributed by atoms with van der Waals surface area (Å²) >= 11 is 0. The van der Waals surface area contributed by atoms with Gasteiger partial charge in [0, 0.05) is 19.6 Å². The first-order valence-electron chi connectivity index (χ1n) is 7.07. The van der Waals surface area contributed by atoms with Crippen LogP contribution in [0.3, 0.4) is 0 Å². The third-order valence-electron chi connectivity index (χ3n) is 3.47. The second-order valence-corrected chi connectivity index (χ2v) is 5.14. The lowest BCUT2D eigenvalue weighted by atomic mass is 9.95. The summed E-state index contributed by atoms with van der Waals surface area (Å²) in [7, 11) is 0. The molecule has 0 bridgehead atoms. The normalized spacial score (nSPS) is 12.3. The van der Waals surface area contributed by atoms with Gasteiger partial charge < -0.3 is 10.6 Å². The van der Waals surface area contributed by atoms with Crippen LogP contribution in [-0.4, -0.2) is 30.4 Å². The summed E-state index contributed by atoms with van der Waals surface area (Å²) in [5.41, 5.74) is 9.47. The SMILES string of the molecule is CCN(CC)C(=O)C(CN)Cc1cc(C)cc(C)c1. The summed E-state index contributed by atoms with van der Waals surface area (Å²) in [6, 6.07) is 6.43. The number of nitrogens with two attached hydrogens (primary N) is 1. The summed E-state index contributed by atoms with van der Waals surface area (Å²) in [6.07, 6.45) is 0.731. The first kappa shape index (κ1) is 15.7. The minimum atomic E-state index is -0.110. The van der Waals surface area contributed by atoms with Gasteiger partial charge in [0.15, 0.2) is 0 Å². The van der Waals surface area contributed by atoms with Crippen molar-refractivity contribution in [1.82, 2.24) is 4.90 Å². The number of hydrogen-bond donors (Lipinski definition) is 1. The lowest BCUT2D eigenvalue weighted by Crippen LogP contribution is -2.39. The maximum atomic E-state index is 12.4. The van der Waals surface area contributed by atoms with E-state index in [9.17, 15) is 4.79 Å². The molecular weight excluding hydrogens is 236 g/mol. The topological polar surface area (TPSA) is 46.3 Å². The second kappa shape index (κ2) is 7.29. The Balaban J connectivity index is 2.84. The standard InChI is InChI=1S/C16H26N2O/c1-5-18(6-2)16(19)15(11-17)10-14-8-12(3)7-13(4)9-14/h7-9,15H,5-6,10-11,17H2,1-4H3. The number of amides is 1. The number of nitrogens with zero attached hydrogens (tertiary/aromatic N) is 1. The first-order valence-corrected chi connectivity index (χ1v) is 7.07. The Labute approximate surface area is 116 Å². The predicted molar refractivity (Wildman–Crippen MR) is 80.1 cm³/mol. The Morgan fingerprint density at radius 2 is 1.68 bits per heavy atom. The van der Waals surface area contributed by atoms with Gasteiger partial charge in [-0.15, -0.1) is 0 Å². The largest absolute Gasteiger partial charge is 0.343 e. The predicted octanol–water partition coefficient (Wildman–Crippen LogP) is 2.29. The molecule has 0 radical (unpaired) electrons. The van der Waals surface area contributed by atoms with Crippen LogP contribution in [0.2, 0.25) is 0 Å². The highest BCUT2D eigenvalue weighted by Gasteiger charge is 2.21. The Hall–Kier alpha value is -1.35. The first-order chi connectivity index (χ1) is 9.01. The molecule has 0 spiro atoms. The lowest BCUT2D eigenvalue weighted by molar-refractivity contribution is -0.134. The number of carbonyl (C=O) groups is 1. The molecule has 0 fully saturated rings. The lowest BCUT2D eigenvalue weighted by Gasteiger charge is -2.24. The van der Waals surface area contributed by atoms with Gasteiger partial charge >= 0.3 is 0 Å². The van der Waals surface area contributed by atoms with Gasteiger partial charge in [-0.3, -0.25) is 4.79 Å². The van der Waals surface area contributed by atoms with Crippen LogP contribution in [-0.2, 0) is 11.2 Å². The minimum Gasteiger partial charge on any atom is -0.343 e. The zero-order valence-corrected chi connectivity index (χ0v) is 12.6. The molecule has 1 amide bonds. The quantitative estimate of drug-likeness (QED) is 0.855. The van der Waals surface area contributed by atoms with Gasteiger partial charge in [0.2, 0.25) is 5.91 Å². The Bertz CT molecular complexity index is 405. The van der Waals surface area contributed by atoms with Crippen molar-refractivity contribution in [3.8, 4) is 0 Å². The van der Waals surface area contributed by atoms with Crippen LogP contribution in [0.4, 0.5) is 0 Å². The van der Waals surface area contributed by atoms with Crippen LogP contribution in [0, 0.1) is 19.8 Å². The van der Waals surface area contributed by atoms with E-state index in [1.165, 1.54) is 16.7 Å². The van der Waals surface area contributed by atoms with Crippen LogP contribution < -0.4 is 5.73 Å². The highest BCUT2D eigenvalue weighted by Crippen LogP contribution is 2.15. The van der Waals surface area contributed by atoms with E-state index in [0.29, 0.717) is 6.54 Å². The van der Waals surface area contributed by atoms with E-state index >= 15 is 0 Å². The number of carbonyl (C=O) groups excluding carboxylic acids is 1. The molecule has 3 nitrogen and oxygen atoms in total. The van der Waals surface area contributed by atoms with E-state index in [1.807, 2.05) is 18.7 Å². The zero-order chi connectivity index (χ0) is 14.4. The van der Waals surface area contributed by atoms with Gasteiger partial charge in [-0.2, -0.15) is 0 Å². The summed E-state index contributed by atoms with van der Waals surface area (Å²) < 4.78 is 0. The third kappa shape index (κ3) is 4.35. The molecule has 0 aromatic heterocycles. The molecule has 0 aliphatic heterocycles. The van der Waals surface area contributed by atoms with E-state index in [4.69, 9.17) is 5.73 Å². The van der Waals surface area contributed by atoms with Crippen molar-refractivity contribution in [2.45, 2.75) is 34.1 Å². The van der Waals surface area contributed by atoms with Crippen molar-refractivity contribution >= 4 is 5.91 Å². The van der Waals surface area contributed by atoms with Gasteiger partial charge in [-0.05, 0) is 39.7 Å². The van der Waals surface area contributed by atoms with Gasteiger partial charge in [0.05, 0.1) is 5.92 Å². The van der Waals surface area contributed by atoms with Crippen molar-refractivity contribution in [3.63, 3.8) is 0 Å². The van der Waals surface area contributed by atoms with Crippen LogP contribution in [0.25, 0.3) is 0 Å². The highest BCUT2D eigenvalue weighted by molar-refractivity contribution is 5.79. The molecule has 0 saturated heterocycles. The van der Waals surface area contributed by atoms with Gasteiger partial charge in [-0.1, -0.05) is 29.3 Å². The Morgan fingerprint density at radius 1 is 1.16 bits per heavy atom. The fourth-order valence-corrected chi connectivity index (χ4v) is 2.54. The number of benzene rings is 1. The van der Waals surface area contributed by atoms with Gasteiger partial charge in [0.1, 0.15) is 0 Å². The molecule has 0 aliphatic rings. The maximum Gasteiger partial charge on any atom is 0.227 e. The van der Waals surface area contributed by atoms with Crippen molar-refractivity contribution in [2.24, 2.45) is 11.7 Å². The third-order valence-corrected chi connectivity index (χ3v) is 3.47. The average molecular weight is 262 g/mol. The maximum absolute atomic E-state index is 12.4. The van der Waals surface area contributed by atoms with Crippen LogP contribution >= 0.6 is 0 Å².